The maximum Gasteiger partial charge on any atom is 0.287 e. The van der Waals surface area contributed by atoms with Crippen LogP contribution in [-0.2, 0) is 4.79 Å². The van der Waals surface area contributed by atoms with Gasteiger partial charge in [0.25, 0.3) is 5.69 Å². The molecule has 9 nitrogen and oxygen atoms in total. The van der Waals surface area contributed by atoms with Gasteiger partial charge in [-0.15, -0.1) is 36.6 Å². The maximum atomic E-state index is 11.8. The Morgan fingerprint density at radius 2 is 1.97 bits per heavy atom. The topological polar surface area (TPSA) is 124 Å². The van der Waals surface area contributed by atoms with Gasteiger partial charge in [-0.05, 0) is 38.7 Å². The van der Waals surface area contributed by atoms with Crippen LogP contribution in [0.1, 0.15) is 32.6 Å². The van der Waals surface area contributed by atoms with Crippen molar-refractivity contribution < 1.29 is 9.72 Å². The summed E-state index contributed by atoms with van der Waals surface area (Å²) < 4.78 is 0. The normalized spacial score (nSPS) is 26.5. The lowest BCUT2D eigenvalue weighted by Crippen LogP contribution is -2.53. The zero-order valence-electron chi connectivity index (χ0n) is 15.8. The lowest BCUT2D eigenvalue weighted by molar-refractivity contribution is -0.385. The molecule has 0 spiro atoms. The number of pyridine rings is 1. The summed E-state index contributed by atoms with van der Waals surface area (Å²) in [4.78, 5) is 26.1. The van der Waals surface area contributed by atoms with Crippen LogP contribution in [0, 0.1) is 21.4 Å². The first-order valence-corrected chi connectivity index (χ1v) is 9.96. The number of nitrogens with one attached hydrogen (secondary N) is 2. The fraction of sp³-hybridized carbons (Fsp3) is 0.588. The van der Waals surface area contributed by atoms with Gasteiger partial charge < -0.3 is 5.32 Å². The minimum absolute atomic E-state index is 0. The van der Waals surface area contributed by atoms with Crippen LogP contribution in [0.4, 0.5) is 11.5 Å². The number of anilines is 1. The monoisotopic (exact) mass is 462 g/mol. The van der Waals surface area contributed by atoms with E-state index < -0.39 is 4.92 Å². The summed E-state index contributed by atoms with van der Waals surface area (Å²) >= 11 is 1.51. The first-order chi connectivity index (χ1) is 13.0. The molecule has 2 N–H and O–H groups in total. The third kappa shape index (κ3) is 6.42. The SMILES string of the molecule is CC(=O)[C@H]1SCC(C#N)N1NC1CCC(Nc2ccc([N+](=O)[O-])cn2)CC1.Cl.Cl. The number of rotatable bonds is 6. The van der Waals surface area contributed by atoms with E-state index >= 15 is 0 Å². The highest BCUT2D eigenvalue weighted by molar-refractivity contribution is 8.00. The van der Waals surface area contributed by atoms with E-state index in [4.69, 9.17) is 0 Å². The number of Topliss-reactive ketones (excluding diaryl/α,β-unsaturated/α-hetero) is 1. The molecule has 2 fully saturated rings. The highest BCUT2D eigenvalue weighted by Crippen LogP contribution is 2.30. The predicted octanol–water partition coefficient (Wildman–Crippen LogP) is 2.92. The maximum absolute atomic E-state index is 11.8. The van der Waals surface area contributed by atoms with E-state index in [1.165, 1.54) is 24.0 Å². The van der Waals surface area contributed by atoms with Crippen molar-refractivity contribution >= 4 is 53.9 Å². The van der Waals surface area contributed by atoms with Crippen molar-refractivity contribution in [1.82, 2.24) is 15.4 Å². The molecule has 0 amide bonds. The number of nitro groups is 1. The molecule has 1 aromatic rings. The van der Waals surface area contributed by atoms with E-state index in [2.05, 4.69) is 21.8 Å². The summed E-state index contributed by atoms with van der Waals surface area (Å²) in [5.41, 5.74) is 3.38. The highest BCUT2D eigenvalue weighted by atomic mass is 35.5. The summed E-state index contributed by atoms with van der Waals surface area (Å²) in [5.74, 6) is 1.33. The Morgan fingerprint density at radius 3 is 2.48 bits per heavy atom. The average molecular weight is 463 g/mol. The average Bonchev–Trinajstić information content (AvgIpc) is 3.06. The number of halogens is 2. The van der Waals surface area contributed by atoms with Crippen molar-refractivity contribution in [2.75, 3.05) is 11.1 Å². The number of carbonyl (C=O) groups is 1. The molecular formula is C17H24Cl2N6O3S. The molecule has 29 heavy (non-hydrogen) atoms. The van der Waals surface area contributed by atoms with E-state index in [0.717, 1.165) is 25.7 Å². The molecule has 2 atom stereocenters. The van der Waals surface area contributed by atoms with Crippen LogP contribution >= 0.6 is 36.6 Å². The van der Waals surface area contributed by atoms with Crippen molar-refractivity contribution in [1.29, 1.82) is 5.26 Å². The van der Waals surface area contributed by atoms with Crippen LogP contribution in [0.3, 0.4) is 0 Å². The fourth-order valence-electron chi connectivity index (χ4n) is 3.44. The standard InChI is InChI=1S/C17H22N6O3S.2ClH/c1-11(24)17-22(15(8-18)10-27-17)21-13-4-2-12(3-5-13)20-16-7-6-14(9-19-16)23(25)26;;/h6-7,9,12-13,15,17,21H,2-5,10H2,1H3,(H,19,20);2*1H/t12?,13?,15?,17-;;/m1../s1. The third-order valence-corrected chi connectivity index (χ3v) is 6.25. The number of hydrogen-bond acceptors (Lipinski definition) is 9. The van der Waals surface area contributed by atoms with E-state index in [0.29, 0.717) is 11.6 Å². The van der Waals surface area contributed by atoms with Gasteiger partial charge in [-0.3, -0.25) is 14.9 Å². The second kappa shape index (κ2) is 11.5. The lowest BCUT2D eigenvalue weighted by atomic mass is 9.91. The van der Waals surface area contributed by atoms with Crippen LogP contribution in [0.15, 0.2) is 18.3 Å². The summed E-state index contributed by atoms with van der Waals surface area (Å²) in [6, 6.07) is 5.52. The summed E-state index contributed by atoms with van der Waals surface area (Å²) in [6.45, 7) is 1.56. The molecule has 0 aromatic carbocycles. The van der Waals surface area contributed by atoms with Gasteiger partial charge in [-0.25, -0.2) is 15.4 Å². The van der Waals surface area contributed by atoms with Crippen LogP contribution in [0.25, 0.3) is 0 Å². The number of thioether (sulfide) groups is 1. The van der Waals surface area contributed by atoms with Gasteiger partial charge in [0.1, 0.15) is 23.4 Å². The lowest BCUT2D eigenvalue weighted by Gasteiger charge is -2.35. The van der Waals surface area contributed by atoms with E-state index in [-0.39, 0.29) is 59.8 Å². The Bertz CT molecular complexity index is 740. The van der Waals surface area contributed by atoms with E-state index in [1.54, 1.807) is 13.0 Å². The van der Waals surface area contributed by atoms with Crippen molar-refractivity contribution in [3.63, 3.8) is 0 Å². The Morgan fingerprint density at radius 1 is 1.31 bits per heavy atom. The molecule has 160 valence electrons. The van der Waals surface area contributed by atoms with Crippen molar-refractivity contribution in [3.05, 3.63) is 28.4 Å². The quantitative estimate of drug-likeness (QED) is 0.484. The first-order valence-electron chi connectivity index (χ1n) is 8.91. The van der Waals surface area contributed by atoms with E-state index in [1.807, 2.05) is 5.01 Å². The molecule has 1 aliphatic heterocycles. The number of nitrogens with zero attached hydrogens (tertiary/aromatic N) is 4. The Balaban J connectivity index is 0.00000210. The Labute approximate surface area is 185 Å². The zero-order valence-corrected chi connectivity index (χ0v) is 18.3. The van der Waals surface area contributed by atoms with Gasteiger partial charge in [0.05, 0.1) is 11.0 Å². The molecule has 3 rings (SSSR count). The minimum Gasteiger partial charge on any atom is -0.367 e. The van der Waals surface area contributed by atoms with Crippen LogP contribution < -0.4 is 10.7 Å². The van der Waals surface area contributed by atoms with Crippen molar-refractivity contribution in [2.45, 2.75) is 56.1 Å². The van der Waals surface area contributed by atoms with Gasteiger partial charge in [0.2, 0.25) is 0 Å². The van der Waals surface area contributed by atoms with Gasteiger partial charge >= 0.3 is 0 Å². The fourth-order valence-corrected chi connectivity index (χ4v) is 4.65. The number of aromatic nitrogens is 1. The molecule has 2 heterocycles. The molecule has 0 radical (unpaired) electrons. The Kier molecular flexibility index (Phi) is 10.1. The number of ketones is 1. The van der Waals surface area contributed by atoms with E-state index in [9.17, 15) is 20.2 Å². The number of hydrazine groups is 1. The zero-order chi connectivity index (χ0) is 19.4. The molecular weight excluding hydrogens is 439 g/mol. The van der Waals surface area contributed by atoms with Crippen LogP contribution in [0.2, 0.25) is 0 Å². The number of hydrogen-bond donors (Lipinski definition) is 2. The van der Waals surface area contributed by atoms with Crippen LogP contribution in [0.5, 0.6) is 0 Å². The molecule has 1 unspecified atom stereocenters. The van der Waals surface area contributed by atoms with Gasteiger partial charge in [-0.1, -0.05) is 0 Å². The van der Waals surface area contributed by atoms with Crippen molar-refractivity contribution in [3.8, 4) is 6.07 Å². The molecule has 1 aromatic heterocycles. The third-order valence-electron chi connectivity index (χ3n) is 4.87. The molecule has 1 aliphatic carbocycles. The van der Waals surface area contributed by atoms with Gasteiger partial charge in [0.15, 0.2) is 5.78 Å². The number of carbonyl (C=O) groups excluding carboxylic acids is 1. The van der Waals surface area contributed by atoms with Crippen LogP contribution in [-0.4, -0.2) is 50.0 Å². The molecule has 2 aliphatic rings. The highest BCUT2D eigenvalue weighted by Gasteiger charge is 2.38. The largest absolute Gasteiger partial charge is 0.367 e. The summed E-state index contributed by atoms with van der Waals surface area (Å²) in [7, 11) is 0. The molecule has 1 saturated carbocycles. The minimum atomic E-state index is -0.465. The van der Waals surface area contributed by atoms with Gasteiger partial charge in [-0.2, -0.15) is 5.26 Å². The number of nitriles is 1. The predicted molar refractivity (Wildman–Crippen MR) is 116 cm³/mol. The summed E-state index contributed by atoms with van der Waals surface area (Å²) in [5, 5.41) is 24.8. The van der Waals surface area contributed by atoms with Crippen molar-refractivity contribution in [2.24, 2.45) is 0 Å². The molecule has 0 bridgehead atoms. The Hall–Kier alpha value is -1.64. The molecule has 1 saturated heterocycles. The first kappa shape index (κ1) is 25.4. The second-order valence-corrected chi connectivity index (χ2v) is 7.94. The second-order valence-electron chi connectivity index (χ2n) is 6.83. The summed E-state index contributed by atoms with van der Waals surface area (Å²) in [6.07, 6.45) is 4.91. The molecule has 12 heteroatoms. The van der Waals surface area contributed by atoms with Gasteiger partial charge in [0, 0.05) is 23.9 Å². The smallest absolute Gasteiger partial charge is 0.287 e.